The maximum Gasteiger partial charge on any atom is 0.257 e. The van der Waals surface area contributed by atoms with Crippen molar-refractivity contribution in [2.24, 2.45) is 5.92 Å². The molecule has 0 spiro atoms. The molecule has 0 saturated carbocycles. The predicted molar refractivity (Wildman–Crippen MR) is 64.2 cm³/mol. The quantitative estimate of drug-likeness (QED) is 0.804. The molecular formula is C12H21N3O. The predicted octanol–water partition coefficient (Wildman–Crippen LogP) is 2.31. The fourth-order valence-electron chi connectivity index (χ4n) is 1.76. The van der Waals surface area contributed by atoms with E-state index in [2.05, 4.69) is 24.0 Å². The Morgan fingerprint density at radius 2 is 2.12 bits per heavy atom. The molecule has 1 aromatic rings. The van der Waals surface area contributed by atoms with Gasteiger partial charge in [0.1, 0.15) is 0 Å². The lowest BCUT2D eigenvalue weighted by molar-refractivity contribution is 0.0735. The first-order valence-corrected chi connectivity index (χ1v) is 6.00. The zero-order valence-corrected chi connectivity index (χ0v) is 10.4. The summed E-state index contributed by atoms with van der Waals surface area (Å²) in [4.78, 5) is 14.0. The van der Waals surface area contributed by atoms with Crippen LogP contribution in [0.25, 0.3) is 0 Å². The van der Waals surface area contributed by atoms with Gasteiger partial charge in [-0.1, -0.05) is 26.7 Å². The third-order valence-electron chi connectivity index (χ3n) is 3.05. The van der Waals surface area contributed by atoms with E-state index in [1.807, 2.05) is 11.8 Å². The Bertz CT molecular complexity index is 304. The molecule has 1 aromatic heterocycles. The topological polar surface area (TPSA) is 49.0 Å². The molecule has 90 valence electrons. The van der Waals surface area contributed by atoms with Crippen molar-refractivity contribution in [2.45, 2.75) is 33.6 Å². The van der Waals surface area contributed by atoms with Gasteiger partial charge in [-0.25, -0.2) is 0 Å². The van der Waals surface area contributed by atoms with E-state index in [1.54, 1.807) is 12.4 Å². The summed E-state index contributed by atoms with van der Waals surface area (Å²) >= 11 is 0. The SMILES string of the molecule is CCC(CC)CN(CC)C(=O)c1cn[nH]c1. The number of nitrogens with one attached hydrogen (secondary N) is 1. The van der Waals surface area contributed by atoms with Gasteiger partial charge in [-0.15, -0.1) is 0 Å². The highest BCUT2D eigenvalue weighted by Crippen LogP contribution is 2.12. The Balaban J connectivity index is 2.64. The molecule has 1 rings (SSSR count). The normalized spacial score (nSPS) is 10.8. The molecule has 0 atom stereocenters. The maximum absolute atomic E-state index is 12.1. The number of amides is 1. The van der Waals surface area contributed by atoms with Gasteiger partial charge in [-0.05, 0) is 12.8 Å². The summed E-state index contributed by atoms with van der Waals surface area (Å²) in [5.74, 6) is 0.666. The second-order valence-corrected chi connectivity index (χ2v) is 4.01. The number of hydrogen-bond donors (Lipinski definition) is 1. The van der Waals surface area contributed by atoms with Gasteiger partial charge in [0.25, 0.3) is 5.91 Å². The molecule has 16 heavy (non-hydrogen) atoms. The third kappa shape index (κ3) is 3.08. The molecule has 0 saturated heterocycles. The summed E-state index contributed by atoms with van der Waals surface area (Å²) in [6, 6.07) is 0. The largest absolute Gasteiger partial charge is 0.339 e. The first-order valence-electron chi connectivity index (χ1n) is 6.00. The number of carbonyl (C=O) groups is 1. The average molecular weight is 223 g/mol. The van der Waals surface area contributed by atoms with Crippen molar-refractivity contribution in [3.05, 3.63) is 18.0 Å². The lowest BCUT2D eigenvalue weighted by Gasteiger charge is -2.24. The molecule has 0 radical (unpaired) electrons. The molecule has 1 N–H and O–H groups in total. The van der Waals surface area contributed by atoms with Crippen molar-refractivity contribution in [1.29, 1.82) is 0 Å². The van der Waals surface area contributed by atoms with Crippen LogP contribution in [0.5, 0.6) is 0 Å². The minimum atomic E-state index is 0.0724. The number of H-pyrrole nitrogens is 1. The second-order valence-electron chi connectivity index (χ2n) is 4.01. The number of nitrogens with zero attached hydrogens (tertiary/aromatic N) is 2. The van der Waals surface area contributed by atoms with Crippen LogP contribution < -0.4 is 0 Å². The number of carbonyl (C=O) groups excluding carboxylic acids is 1. The number of rotatable bonds is 6. The minimum absolute atomic E-state index is 0.0724. The van der Waals surface area contributed by atoms with Crippen LogP contribution in [0.4, 0.5) is 0 Å². The smallest absolute Gasteiger partial charge is 0.257 e. The summed E-state index contributed by atoms with van der Waals surface area (Å²) in [6.07, 6.45) is 5.47. The van der Waals surface area contributed by atoms with Crippen LogP contribution in [0.2, 0.25) is 0 Å². The molecule has 0 bridgehead atoms. The van der Waals surface area contributed by atoms with Gasteiger partial charge in [-0.3, -0.25) is 9.89 Å². The lowest BCUT2D eigenvalue weighted by Crippen LogP contribution is -2.34. The van der Waals surface area contributed by atoms with Gasteiger partial charge in [-0.2, -0.15) is 5.10 Å². The first-order chi connectivity index (χ1) is 7.72. The number of aromatic nitrogens is 2. The monoisotopic (exact) mass is 223 g/mol. The maximum atomic E-state index is 12.1. The molecule has 1 amide bonds. The van der Waals surface area contributed by atoms with Crippen LogP contribution in [-0.4, -0.2) is 34.1 Å². The van der Waals surface area contributed by atoms with Crippen LogP contribution >= 0.6 is 0 Å². The van der Waals surface area contributed by atoms with E-state index >= 15 is 0 Å². The van der Waals surface area contributed by atoms with E-state index in [9.17, 15) is 4.79 Å². The molecule has 0 aliphatic carbocycles. The third-order valence-corrected chi connectivity index (χ3v) is 3.05. The van der Waals surface area contributed by atoms with Crippen LogP contribution in [0.3, 0.4) is 0 Å². The molecule has 0 fully saturated rings. The van der Waals surface area contributed by atoms with Gasteiger partial charge in [0, 0.05) is 19.3 Å². The Morgan fingerprint density at radius 1 is 1.44 bits per heavy atom. The van der Waals surface area contributed by atoms with E-state index in [1.165, 1.54) is 0 Å². The zero-order valence-electron chi connectivity index (χ0n) is 10.4. The van der Waals surface area contributed by atoms with Crippen LogP contribution in [-0.2, 0) is 0 Å². The summed E-state index contributed by atoms with van der Waals surface area (Å²) in [7, 11) is 0. The van der Waals surface area contributed by atoms with Gasteiger partial charge < -0.3 is 4.90 Å². The Morgan fingerprint density at radius 3 is 2.56 bits per heavy atom. The van der Waals surface area contributed by atoms with Gasteiger partial charge >= 0.3 is 0 Å². The molecule has 0 unspecified atom stereocenters. The summed E-state index contributed by atoms with van der Waals surface area (Å²) in [5, 5.41) is 6.48. The minimum Gasteiger partial charge on any atom is -0.339 e. The lowest BCUT2D eigenvalue weighted by atomic mass is 10.0. The molecule has 0 aromatic carbocycles. The van der Waals surface area contributed by atoms with E-state index in [4.69, 9.17) is 0 Å². The molecular weight excluding hydrogens is 202 g/mol. The van der Waals surface area contributed by atoms with Gasteiger partial charge in [0.2, 0.25) is 0 Å². The Kier molecular flexibility index (Phi) is 5.02. The highest BCUT2D eigenvalue weighted by atomic mass is 16.2. The summed E-state index contributed by atoms with van der Waals surface area (Å²) < 4.78 is 0. The standard InChI is InChI=1S/C12H21N3O/c1-4-10(5-2)9-15(6-3)12(16)11-7-13-14-8-11/h7-8,10H,4-6,9H2,1-3H3,(H,13,14). The van der Waals surface area contributed by atoms with Gasteiger partial charge in [0.15, 0.2) is 0 Å². The summed E-state index contributed by atoms with van der Waals surface area (Å²) in [6.45, 7) is 7.95. The van der Waals surface area contributed by atoms with Gasteiger partial charge in [0.05, 0.1) is 11.8 Å². The Hall–Kier alpha value is -1.32. The summed E-state index contributed by atoms with van der Waals surface area (Å²) in [5.41, 5.74) is 0.646. The zero-order chi connectivity index (χ0) is 12.0. The van der Waals surface area contributed by atoms with Crippen LogP contribution in [0, 0.1) is 5.92 Å². The fourth-order valence-corrected chi connectivity index (χ4v) is 1.76. The van der Waals surface area contributed by atoms with E-state index in [0.717, 1.165) is 25.9 Å². The van der Waals surface area contributed by atoms with Crippen LogP contribution in [0.1, 0.15) is 44.0 Å². The number of hydrogen-bond acceptors (Lipinski definition) is 2. The van der Waals surface area contributed by atoms with Crippen molar-refractivity contribution >= 4 is 5.91 Å². The molecule has 0 aliphatic rings. The van der Waals surface area contributed by atoms with Crippen LogP contribution in [0.15, 0.2) is 12.4 Å². The highest BCUT2D eigenvalue weighted by Gasteiger charge is 2.17. The molecule has 0 aliphatic heterocycles. The van der Waals surface area contributed by atoms with E-state index in [0.29, 0.717) is 11.5 Å². The average Bonchev–Trinajstić information content (AvgIpc) is 2.83. The Labute approximate surface area is 97.0 Å². The highest BCUT2D eigenvalue weighted by molar-refractivity contribution is 5.93. The molecule has 4 nitrogen and oxygen atoms in total. The molecule has 1 heterocycles. The van der Waals surface area contributed by atoms with Crippen molar-refractivity contribution in [2.75, 3.05) is 13.1 Å². The number of aromatic amines is 1. The van der Waals surface area contributed by atoms with E-state index < -0.39 is 0 Å². The molecule has 4 heteroatoms. The second kappa shape index (κ2) is 6.30. The van der Waals surface area contributed by atoms with Crippen molar-refractivity contribution in [3.63, 3.8) is 0 Å². The van der Waals surface area contributed by atoms with Crippen molar-refractivity contribution in [3.8, 4) is 0 Å². The van der Waals surface area contributed by atoms with Crippen molar-refractivity contribution in [1.82, 2.24) is 15.1 Å². The van der Waals surface area contributed by atoms with Crippen molar-refractivity contribution < 1.29 is 4.79 Å². The first kappa shape index (κ1) is 12.7. The fraction of sp³-hybridized carbons (Fsp3) is 0.667. The van der Waals surface area contributed by atoms with E-state index in [-0.39, 0.29) is 5.91 Å².